The molecular formula is C14H21BrO. The molecule has 0 fully saturated rings. The molecule has 0 saturated heterocycles. The first-order chi connectivity index (χ1) is 7.03. The standard InChI is InChI=1S/C14H21BrO/c1-13(2,3)9-8-12(16)10(7-11(9)15)14(4,5)6/h7-8,16H,1-6H3. The maximum Gasteiger partial charge on any atom is 0.119 e. The van der Waals surface area contributed by atoms with Gasteiger partial charge in [-0.05, 0) is 28.5 Å². The lowest BCUT2D eigenvalue weighted by Gasteiger charge is -2.26. The minimum Gasteiger partial charge on any atom is -0.508 e. The van der Waals surface area contributed by atoms with Gasteiger partial charge in [0.1, 0.15) is 5.75 Å². The van der Waals surface area contributed by atoms with Crippen LogP contribution in [0, 0.1) is 0 Å². The first kappa shape index (κ1) is 13.6. The van der Waals surface area contributed by atoms with Gasteiger partial charge in [-0.1, -0.05) is 57.5 Å². The molecule has 1 aromatic rings. The highest BCUT2D eigenvalue weighted by Gasteiger charge is 2.23. The number of phenolic OH excluding ortho intramolecular Hbond substituents is 1. The average molecular weight is 285 g/mol. The Hall–Kier alpha value is -0.500. The van der Waals surface area contributed by atoms with Gasteiger partial charge >= 0.3 is 0 Å². The lowest BCUT2D eigenvalue weighted by molar-refractivity contribution is 0.442. The first-order valence-corrected chi connectivity index (χ1v) is 6.36. The van der Waals surface area contributed by atoms with Gasteiger partial charge in [0.15, 0.2) is 0 Å². The van der Waals surface area contributed by atoms with Gasteiger partial charge in [-0.2, -0.15) is 0 Å². The molecular weight excluding hydrogens is 264 g/mol. The zero-order valence-corrected chi connectivity index (χ0v) is 12.6. The molecule has 0 aliphatic rings. The minimum atomic E-state index is -0.0387. The van der Waals surface area contributed by atoms with Gasteiger partial charge in [0.05, 0.1) is 0 Å². The van der Waals surface area contributed by atoms with E-state index in [9.17, 15) is 5.11 Å². The van der Waals surface area contributed by atoms with Crippen molar-refractivity contribution in [2.75, 3.05) is 0 Å². The van der Waals surface area contributed by atoms with Gasteiger partial charge in [-0.25, -0.2) is 0 Å². The Morgan fingerprint density at radius 2 is 1.31 bits per heavy atom. The quantitative estimate of drug-likeness (QED) is 0.729. The Morgan fingerprint density at radius 1 is 0.875 bits per heavy atom. The van der Waals surface area contributed by atoms with Crippen molar-refractivity contribution in [3.8, 4) is 5.75 Å². The fourth-order valence-electron chi connectivity index (χ4n) is 1.74. The molecule has 16 heavy (non-hydrogen) atoms. The van der Waals surface area contributed by atoms with Crippen LogP contribution in [0.15, 0.2) is 16.6 Å². The summed E-state index contributed by atoms with van der Waals surface area (Å²) < 4.78 is 1.07. The highest BCUT2D eigenvalue weighted by Crippen LogP contribution is 2.39. The normalized spacial score (nSPS) is 12.9. The predicted octanol–water partition coefficient (Wildman–Crippen LogP) is 4.75. The van der Waals surface area contributed by atoms with Crippen LogP contribution >= 0.6 is 15.9 Å². The Morgan fingerprint density at radius 3 is 1.69 bits per heavy atom. The molecule has 0 aliphatic heterocycles. The predicted molar refractivity (Wildman–Crippen MR) is 73.2 cm³/mol. The summed E-state index contributed by atoms with van der Waals surface area (Å²) in [5.74, 6) is 0.389. The molecule has 0 aromatic heterocycles. The summed E-state index contributed by atoms with van der Waals surface area (Å²) in [4.78, 5) is 0. The summed E-state index contributed by atoms with van der Waals surface area (Å²) in [6.07, 6.45) is 0. The molecule has 1 rings (SSSR count). The number of rotatable bonds is 0. The van der Waals surface area contributed by atoms with Crippen molar-refractivity contribution in [3.05, 3.63) is 27.7 Å². The molecule has 0 unspecified atom stereocenters. The molecule has 1 N–H and O–H groups in total. The van der Waals surface area contributed by atoms with Gasteiger partial charge in [0.25, 0.3) is 0 Å². The van der Waals surface area contributed by atoms with E-state index in [4.69, 9.17) is 0 Å². The van der Waals surface area contributed by atoms with Crippen LogP contribution in [0.3, 0.4) is 0 Å². The molecule has 0 heterocycles. The molecule has 0 saturated carbocycles. The SMILES string of the molecule is CC(C)(C)c1cc(Br)c(C(C)(C)C)cc1O. The molecule has 1 aromatic carbocycles. The maximum absolute atomic E-state index is 10.1. The lowest BCUT2D eigenvalue weighted by Crippen LogP contribution is -2.15. The van der Waals surface area contributed by atoms with Gasteiger partial charge in [0.2, 0.25) is 0 Å². The van der Waals surface area contributed by atoms with Gasteiger partial charge < -0.3 is 5.11 Å². The van der Waals surface area contributed by atoms with Crippen molar-refractivity contribution in [3.63, 3.8) is 0 Å². The van der Waals surface area contributed by atoms with Crippen LogP contribution < -0.4 is 0 Å². The van der Waals surface area contributed by atoms with E-state index in [1.54, 1.807) is 0 Å². The third-order valence-electron chi connectivity index (χ3n) is 2.70. The van der Waals surface area contributed by atoms with Crippen LogP contribution in [0.25, 0.3) is 0 Å². The van der Waals surface area contributed by atoms with E-state index in [0.29, 0.717) is 5.75 Å². The fourth-order valence-corrected chi connectivity index (χ4v) is 2.68. The second-order valence-corrected chi connectivity index (χ2v) is 7.20. The summed E-state index contributed by atoms with van der Waals surface area (Å²) in [5.41, 5.74) is 2.11. The largest absolute Gasteiger partial charge is 0.508 e. The molecule has 90 valence electrons. The van der Waals surface area contributed by atoms with E-state index in [1.807, 2.05) is 12.1 Å². The zero-order chi connectivity index (χ0) is 12.7. The average Bonchev–Trinajstić information content (AvgIpc) is 2.04. The third kappa shape index (κ3) is 2.79. The van der Waals surface area contributed by atoms with E-state index < -0.39 is 0 Å². The number of phenols is 1. The highest BCUT2D eigenvalue weighted by atomic mass is 79.9. The summed E-state index contributed by atoms with van der Waals surface area (Å²) in [6.45, 7) is 12.7. The summed E-state index contributed by atoms with van der Waals surface area (Å²) in [5, 5.41) is 10.1. The molecule has 0 atom stereocenters. The van der Waals surface area contributed by atoms with E-state index in [-0.39, 0.29) is 10.8 Å². The monoisotopic (exact) mass is 284 g/mol. The molecule has 0 aliphatic carbocycles. The number of aromatic hydroxyl groups is 1. The van der Waals surface area contributed by atoms with Crippen LogP contribution in [0.1, 0.15) is 52.7 Å². The van der Waals surface area contributed by atoms with Crippen molar-refractivity contribution >= 4 is 15.9 Å². The van der Waals surface area contributed by atoms with Crippen LogP contribution in [-0.4, -0.2) is 5.11 Å². The summed E-state index contributed by atoms with van der Waals surface area (Å²) in [6, 6.07) is 3.92. The second-order valence-electron chi connectivity index (χ2n) is 6.35. The molecule has 0 bridgehead atoms. The second kappa shape index (κ2) is 4.06. The van der Waals surface area contributed by atoms with E-state index in [0.717, 1.165) is 15.6 Å². The molecule has 0 spiro atoms. The summed E-state index contributed by atoms with van der Waals surface area (Å²) in [7, 11) is 0. The summed E-state index contributed by atoms with van der Waals surface area (Å²) >= 11 is 3.60. The Balaban J connectivity index is 3.40. The van der Waals surface area contributed by atoms with E-state index >= 15 is 0 Å². The number of benzene rings is 1. The van der Waals surface area contributed by atoms with Gasteiger partial charge in [-0.15, -0.1) is 0 Å². The topological polar surface area (TPSA) is 20.2 Å². The molecule has 0 amide bonds. The molecule has 2 heteroatoms. The first-order valence-electron chi connectivity index (χ1n) is 5.57. The maximum atomic E-state index is 10.1. The number of halogens is 1. The van der Waals surface area contributed by atoms with Crippen LogP contribution in [0.2, 0.25) is 0 Å². The highest BCUT2D eigenvalue weighted by molar-refractivity contribution is 9.10. The van der Waals surface area contributed by atoms with Crippen LogP contribution in [0.4, 0.5) is 0 Å². The Bertz CT molecular complexity index is 355. The van der Waals surface area contributed by atoms with Crippen LogP contribution in [0.5, 0.6) is 5.75 Å². The Labute approximate surface area is 107 Å². The van der Waals surface area contributed by atoms with Gasteiger partial charge in [0, 0.05) is 10.0 Å². The third-order valence-corrected chi connectivity index (χ3v) is 3.36. The lowest BCUT2D eigenvalue weighted by atomic mass is 9.81. The molecule has 1 nitrogen and oxygen atoms in total. The van der Waals surface area contributed by atoms with E-state index in [2.05, 4.69) is 57.5 Å². The smallest absolute Gasteiger partial charge is 0.119 e. The van der Waals surface area contributed by atoms with Crippen molar-refractivity contribution in [2.45, 2.75) is 52.4 Å². The Kier molecular flexibility index (Phi) is 3.45. The van der Waals surface area contributed by atoms with E-state index in [1.165, 1.54) is 0 Å². The van der Waals surface area contributed by atoms with Crippen molar-refractivity contribution in [1.82, 2.24) is 0 Å². The number of hydrogen-bond donors (Lipinski definition) is 1. The van der Waals surface area contributed by atoms with Crippen molar-refractivity contribution < 1.29 is 5.11 Å². The van der Waals surface area contributed by atoms with Crippen molar-refractivity contribution in [1.29, 1.82) is 0 Å². The number of hydrogen-bond acceptors (Lipinski definition) is 1. The van der Waals surface area contributed by atoms with Gasteiger partial charge in [-0.3, -0.25) is 0 Å². The van der Waals surface area contributed by atoms with Crippen molar-refractivity contribution in [2.24, 2.45) is 0 Å². The zero-order valence-electron chi connectivity index (χ0n) is 11.0. The minimum absolute atomic E-state index is 0.0345. The molecule has 0 radical (unpaired) electrons. The van der Waals surface area contributed by atoms with Crippen LogP contribution in [-0.2, 0) is 10.8 Å². The fraction of sp³-hybridized carbons (Fsp3) is 0.571.